The Morgan fingerprint density at radius 1 is 1.10 bits per heavy atom. The van der Waals surface area contributed by atoms with Crippen molar-refractivity contribution in [1.82, 2.24) is 4.90 Å². The number of carbonyl (C=O) groups is 1. The summed E-state index contributed by atoms with van der Waals surface area (Å²) in [5, 5.41) is 8.59. The highest BCUT2D eigenvalue weighted by Gasteiger charge is 2.12. The standard InChI is InChI=1S/C7H13NO2/c9-7(10)8-5-3-1-2-4-6-8/h1-6H2,(H,9,10). The predicted molar refractivity (Wildman–Crippen MR) is 38.1 cm³/mol. The lowest BCUT2D eigenvalue weighted by molar-refractivity contribution is 0.147. The normalized spacial score (nSPS) is 20.2. The van der Waals surface area contributed by atoms with Crippen LogP contribution >= 0.6 is 0 Å². The molecule has 0 unspecified atom stereocenters. The Morgan fingerprint density at radius 2 is 1.60 bits per heavy atom. The van der Waals surface area contributed by atoms with Gasteiger partial charge in [0, 0.05) is 13.1 Å². The Kier molecular flexibility index (Phi) is 2.54. The summed E-state index contributed by atoms with van der Waals surface area (Å²) in [5.74, 6) is 0. The first-order valence-corrected chi connectivity index (χ1v) is 3.78. The number of nitrogens with zero attached hydrogens (tertiary/aromatic N) is 1. The Morgan fingerprint density at radius 3 is 2.00 bits per heavy atom. The van der Waals surface area contributed by atoms with Crippen LogP contribution in [0.5, 0.6) is 0 Å². The van der Waals surface area contributed by atoms with Crippen LogP contribution in [0.2, 0.25) is 0 Å². The number of rotatable bonds is 0. The Hall–Kier alpha value is -0.730. The maximum absolute atomic E-state index is 10.4. The van der Waals surface area contributed by atoms with E-state index >= 15 is 0 Å². The summed E-state index contributed by atoms with van der Waals surface area (Å²) in [6, 6.07) is 0. The van der Waals surface area contributed by atoms with Crippen molar-refractivity contribution in [1.29, 1.82) is 0 Å². The molecule has 0 aromatic rings. The van der Waals surface area contributed by atoms with Gasteiger partial charge in [0.1, 0.15) is 0 Å². The first kappa shape index (κ1) is 7.38. The molecule has 1 N–H and O–H groups in total. The van der Waals surface area contributed by atoms with E-state index < -0.39 is 6.09 Å². The zero-order valence-electron chi connectivity index (χ0n) is 6.05. The fourth-order valence-electron chi connectivity index (χ4n) is 1.26. The van der Waals surface area contributed by atoms with Gasteiger partial charge in [-0.1, -0.05) is 12.8 Å². The Labute approximate surface area is 60.6 Å². The van der Waals surface area contributed by atoms with Crippen LogP contribution in [-0.2, 0) is 0 Å². The third-order valence-corrected chi connectivity index (χ3v) is 1.88. The summed E-state index contributed by atoms with van der Waals surface area (Å²) >= 11 is 0. The molecule has 58 valence electrons. The van der Waals surface area contributed by atoms with Crippen molar-refractivity contribution in [3.8, 4) is 0 Å². The van der Waals surface area contributed by atoms with Crippen molar-refractivity contribution in [3.05, 3.63) is 0 Å². The molecule has 1 aliphatic heterocycles. The summed E-state index contributed by atoms with van der Waals surface area (Å²) < 4.78 is 0. The summed E-state index contributed by atoms with van der Waals surface area (Å²) in [7, 11) is 0. The maximum Gasteiger partial charge on any atom is 0.407 e. The molecule has 3 nitrogen and oxygen atoms in total. The molecule has 1 amide bonds. The van der Waals surface area contributed by atoms with E-state index in [2.05, 4.69) is 0 Å². The van der Waals surface area contributed by atoms with Crippen LogP contribution in [0.4, 0.5) is 4.79 Å². The molecule has 0 aromatic heterocycles. The molecule has 1 heterocycles. The highest BCUT2D eigenvalue weighted by atomic mass is 16.4. The molecule has 0 spiro atoms. The lowest BCUT2D eigenvalue weighted by Gasteiger charge is -2.14. The smallest absolute Gasteiger partial charge is 0.407 e. The van der Waals surface area contributed by atoms with E-state index in [1.807, 2.05) is 0 Å². The van der Waals surface area contributed by atoms with Crippen molar-refractivity contribution < 1.29 is 9.90 Å². The van der Waals surface area contributed by atoms with Crippen LogP contribution < -0.4 is 0 Å². The van der Waals surface area contributed by atoms with Gasteiger partial charge in [-0.3, -0.25) is 0 Å². The van der Waals surface area contributed by atoms with Gasteiger partial charge >= 0.3 is 6.09 Å². The van der Waals surface area contributed by atoms with Gasteiger partial charge < -0.3 is 10.0 Å². The average Bonchev–Trinajstić information content (AvgIpc) is 2.12. The van der Waals surface area contributed by atoms with Crippen LogP contribution in [0.3, 0.4) is 0 Å². The molecule has 10 heavy (non-hydrogen) atoms. The van der Waals surface area contributed by atoms with E-state index in [-0.39, 0.29) is 0 Å². The molecule has 0 atom stereocenters. The number of hydrogen-bond acceptors (Lipinski definition) is 1. The second-order valence-electron chi connectivity index (χ2n) is 2.68. The van der Waals surface area contributed by atoms with E-state index in [9.17, 15) is 4.79 Å². The van der Waals surface area contributed by atoms with Crippen molar-refractivity contribution in [2.75, 3.05) is 13.1 Å². The lowest BCUT2D eigenvalue weighted by atomic mass is 10.2. The van der Waals surface area contributed by atoms with E-state index in [4.69, 9.17) is 5.11 Å². The summed E-state index contributed by atoms with van der Waals surface area (Å²) in [6.07, 6.45) is 3.67. The molecule has 1 aliphatic rings. The molecule has 0 radical (unpaired) electrons. The third-order valence-electron chi connectivity index (χ3n) is 1.88. The predicted octanol–water partition coefficient (Wildman–Crippen LogP) is 1.54. The largest absolute Gasteiger partial charge is 0.465 e. The fourth-order valence-corrected chi connectivity index (χ4v) is 1.26. The van der Waals surface area contributed by atoms with Gasteiger partial charge in [0.15, 0.2) is 0 Å². The zero-order valence-corrected chi connectivity index (χ0v) is 6.05. The molecule has 0 saturated carbocycles. The van der Waals surface area contributed by atoms with E-state index in [0.717, 1.165) is 25.9 Å². The van der Waals surface area contributed by atoms with Crippen molar-refractivity contribution in [2.45, 2.75) is 25.7 Å². The second kappa shape index (κ2) is 3.44. The van der Waals surface area contributed by atoms with Gasteiger partial charge in [-0.2, -0.15) is 0 Å². The highest BCUT2D eigenvalue weighted by molar-refractivity contribution is 5.64. The van der Waals surface area contributed by atoms with Crippen LogP contribution in [0.1, 0.15) is 25.7 Å². The van der Waals surface area contributed by atoms with E-state index in [1.165, 1.54) is 17.7 Å². The lowest BCUT2D eigenvalue weighted by Crippen LogP contribution is -2.29. The van der Waals surface area contributed by atoms with Crippen LogP contribution in [-0.4, -0.2) is 29.2 Å². The molecule has 1 fully saturated rings. The number of amides is 1. The summed E-state index contributed by atoms with van der Waals surface area (Å²) in [4.78, 5) is 11.9. The van der Waals surface area contributed by atoms with Gasteiger partial charge in [-0.15, -0.1) is 0 Å². The third kappa shape index (κ3) is 1.90. The van der Waals surface area contributed by atoms with E-state index in [0.29, 0.717) is 0 Å². The second-order valence-corrected chi connectivity index (χ2v) is 2.68. The SMILES string of the molecule is O=C(O)N1CCCCCC1. The van der Waals surface area contributed by atoms with Gasteiger partial charge in [-0.05, 0) is 12.8 Å². The minimum atomic E-state index is -0.762. The minimum absolute atomic E-state index is 0.731. The molecular weight excluding hydrogens is 130 g/mol. The van der Waals surface area contributed by atoms with Crippen LogP contribution in [0.25, 0.3) is 0 Å². The van der Waals surface area contributed by atoms with Gasteiger partial charge in [0.05, 0.1) is 0 Å². The van der Waals surface area contributed by atoms with Gasteiger partial charge in [0.25, 0.3) is 0 Å². The summed E-state index contributed by atoms with van der Waals surface area (Å²) in [6.45, 7) is 1.46. The van der Waals surface area contributed by atoms with Gasteiger partial charge in [-0.25, -0.2) is 4.79 Å². The summed E-state index contributed by atoms with van der Waals surface area (Å²) in [5.41, 5.74) is 0. The number of likely N-dealkylation sites (tertiary alicyclic amines) is 1. The quantitative estimate of drug-likeness (QED) is 0.558. The molecule has 3 heteroatoms. The monoisotopic (exact) mass is 143 g/mol. The first-order valence-electron chi connectivity index (χ1n) is 3.78. The number of hydrogen-bond donors (Lipinski definition) is 1. The molecule has 1 saturated heterocycles. The zero-order chi connectivity index (χ0) is 7.40. The fraction of sp³-hybridized carbons (Fsp3) is 0.857. The maximum atomic E-state index is 10.4. The average molecular weight is 143 g/mol. The molecule has 0 bridgehead atoms. The minimum Gasteiger partial charge on any atom is -0.465 e. The van der Waals surface area contributed by atoms with Crippen molar-refractivity contribution >= 4 is 6.09 Å². The highest BCUT2D eigenvalue weighted by Crippen LogP contribution is 2.08. The van der Waals surface area contributed by atoms with Crippen molar-refractivity contribution in [2.24, 2.45) is 0 Å². The van der Waals surface area contributed by atoms with Crippen LogP contribution in [0, 0.1) is 0 Å². The molecule has 0 aromatic carbocycles. The van der Waals surface area contributed by atoms with Crippen molar-refractivity contribution in [3.63, 3.8) is 0 Å². The molecule has 1 rings (SSSR count). The van der Waals surface area contributed by atoms with E-state index in [1.54, 1.807) is 0 Å². The number of carboxylic acid groups (broad SMARTS) is 1. The van der Waals surface area contributed by atoms with Gasteiger partial charge in [0.2, 0.25) is 0 Å². The molecule has 0 aliphatic carbocycles. The topological polar surface area (TPSA) is 40.5 Å². The first-order chi connectivity index (χ1) is 4.80. The Balaban J connectivity index is 2.35. The molecular formula is C7H13NO2. The Bertz CT molecular complexity index is 117. The van der Waals surface area contributed by atoms with Crippen LogP contribution in [0.15, 0.2) is 0 Å².